The molecule has 0 spiro atoms. The molecule has 0 saturated carbocycles. The van der Waals surface area contributed by atoms with Crippen molar-refractivity contribution < 1.29 is 9.53 Å². The van der Waals surface area contributed by atoms with Crippen LogP contribution in [0.15, 0.2) is 22.5 Å². The Morgan fingerprint density at radius 3 is 3.27 bits per heavy atom. The largest absolute Gasteiger partial charge is 0.376 e. The standard InChI is InChI=1S/C15H17ClN2O2S2/c1-9(14(19)17-8-11-3-2-6-20-11)21-15-18-12-7-10(16)4-5-13(12)22-15/h4-5,7,9,11H,2-3,6,8H2,1H3,(H,17,19)/t9-,11+/m0/s1. The van der Waals surface area contributed by atoms with Crippen molar-refractivity contribution in [3.63, 3.8) is 0 Å². The number of thioether (sulfide) groups is 1. The van der Waals surface area contributed by atoms with Gasteiger partial charge in [-0.3, -0.25) is 4.79 Å². The van der Waals surface area contributed by atoms with E-state index in [1.54, 1.807) is 11.3 Å². The summed E-state index contributed by atoms with van der Waals surface area (Å²) in [4.78, 5) is 16.7. The second kappa shape index (κ2) is 7.17. The number of amides is 1. The number of thiazole rings is 1. The molecule has 2 atom stereocenters. The maximum atomic E-state index is 12.1. The van der Waals surface area contributed by atoms with E-state index in [0.717, 1.165) is 34.0 Å². The van der Waals surface area contributed by atoms with Gasteiger partial charge in [0.25, 0.3) is 0 Å². The average molecular weight is 357 g/mol. The van der Waals surface area contributed by atoms with Crippen molar-refractivity contribution in [2.45, 2.75) is 35.5 Å². The number of rotatable bonds is 5. The number of carbonyl (C=O) groups is 1. The first kappa shape index (κ1) is 16.1. The first-order chi connectivity index (χ1) is 10.6. The quantitative estimate of drug-likeness (QED) is 0.829. The lowest BCUT2D eigenvalue weighted by atomic mass is 10.2. The topological polar surface area (TPSA) is 51.2 Å². The summed E-state index contributed by atoms with van der Waals surface area (Å²) >= 11 is 9.03. The van der Waals surface area contributed by atoms with Gasteiger partial charge in [-0.1, -0.05) is 23.4 Å². The lowest BCUT2D eigenvalue weighted by Gasteiger charge is -2.13. The zero-order valence-electron chi connectivity index (χ0n) is 12.2. The predicted octanol–water partition coefficient (Wildman–Crippen LogP) is 3.73. The van der Waals surface area contributed by atoms with Crippen molar-refractivity contribution in [3.8, 4) is 0 Å². The highest BCUT2D eigenvalue weighted by Crippen LogP contribution is 2.33. The van der Waals surface area contributed by atoms with Crippen LogP contribution in [0.25, 0.3) is 10.2 Å². The SMILES string of the molecule is C[C@H](Sc1nc2cc(Cl)ccc2s1)C(=O)NC[C@H]1CCCO1. The zero-order valence-corrected chi connectivity index (χ0v) is 14.6. The predicted molar refractivity (Wildman–Crippen MR) is 91.9 cm³/mol. The minimum Gasteiger partial charge on any atom is -0.376 e. The maximum Gasteiger partial charge on any atom is 0.233 e. The Balaban J connectivity index is 1.57. The van der Waals surface area contributed by atoms with Crippen LogP contribution in [-0.2, 0) is 9.53 Å². The van der Waals surface area contributed by atoms with Gasteiger partial charge in [-0.05, 0) is 38.0 Å². The Bertz CT molecular complexity index is 671. The number of aromatic nitrogens is 1. The number of hydrogen-bond acceptors (Lipinski definition) is 5. The van der Waals surface area contributed by atoms with Gasteiger partial charge in [0.05, 0.1) is 21.6 Å². The molecular weight excluding hydrogens is 340 g/mol. The van der Waals surface area contributed by atoms with Crippen LogP contribution in [-0.4, -0.2) is 35.4 Å². The Labute approximate surface area is 142 Å². The summed E-state index contributed by atoms with van der Waals surface area (Å²) in [5.41, 5.74) is 0.881. The molecule has 7 heteroatoms. The van der Waals surface area contributed by atoms with E-state index in [1.807, 2.05) is 25.1 Å². The highest BCUT2D eigenvalue weighted by Gasteiger charge is 2.20. The Kier molecular flexibility index (Phi) is 5.23. The van der Waals surface area contributed by atoms with E-state index < -0.39 is 0 Å². The lowest BCUT2D eigenvalue weighted by molar-refractivity contribution is -0.120. The van der Waals surface area contributed by atoms with E-state index in [2.05, 4.69) is 10.3 Å². The fourth-order valence-electron chi connectivity index (χ4n) is 2.30. The van der Waals surface area contributed by atoms with Crippen LogP contribution >= 0.6 is 34.7 Å². The summed E-state index contributed by atoms with van der Waals surface area (Å²) in [5.74, 6) is 0.0257. The van der Waals surface area contributed by atoms with E-state index >= 15 is 0 Å². The highest BCUT2D eigenvalue weighted by atomic mass is 35.5. The van der Waals surface area contributed by atoms with Gasteiger partial charge in [-0.2, -0.15) is 0 Å². The first-order valence-electron chi connectivity index (χ1n) is 7.24. The molecule has 1 aliphatic rings. The van der Waals surface area contributed by atoms with Gasteiger partial charge in [0, 0.05) is 18.2 Å². The van der Waals surface area contributed by atoms with Crippen LogP contribution < -0.4 is 5.32 Å². The monoisotopic (exact) mass is 356 g/mol. The van der Waals surface area contributed by atoms with Crippen LogP contribution in [0.5, 0.6) is 0 Å². The fourth-order valence-corrected chi connectivity index (χ4v) is 4.68. The Morgan fingerprint density at radius 1 is 1.64 bits per heavy atom. The third-order valence-corrected chi connectivity index (χ3v) is 5.97. The molecule has 1 N–H and O–H groups in total. The van der Waals surface area contributed by atoms with Gasteiger partial charge in [0.2, 0.25) is 5.91 Å². The van der Waals surface area contributed by atoms with E-state index in [0.29, 0.717) is 11.6 Å². The van der Waals surface area contributed by atoms with Crippen LogP contribution in [0, 0.1) is 0 Å². The fraction of sp³-hybridized carbons (Fsp3) is 0.467. The molecular formula is C15H17ClN2O2S2. The lowest BCUT2D eigenvalue weighted by Crippen LogP contribution is -2.36. The van der Waals surface area contributed by atoms with Crippen molar-refractivity contribution in [1.82, 2.24) is 10.3 Å². The van der Waals surface area contributed by atoms with Crippen molar-refractivity contribution in [2.24, 2.45) is 0 Å². The van der Waals surface area contributed by atoms with Gasteiger partial charge >= 0.3 is 0 Å². The molecule has 2 aromatic rings. The molecule has 1 aromatic carbocycles. The molecule has 0 bridgehead atoms. The zero-order chi connectivity index (χ0) is 15.5. The number of benzene rings is 1. The molecule has 0 aliphatic carbocycles. The molecule has 0 unspecified atom stereocenters. The summed E-state index contributed by atoms with van der Waals surface area (Å²) in [5, 5.41) is 3.45. The molecule has 1 aliphatic heterocycles. The van der Waals surface area contributed by atoms with E-state index in [9.17, 15) is 4.79 Å². The summed E-state index contributed by atoms with van der Waals surface area (Å²) in [6.45, 7) is 3.30. The third kappa shape index (κ3) is 3.93. The van der Waals surface area contributed by atoms with E-state index in [-0.39, 0.29) is 17.3 Å². The second-order valence-corrected chi connectivity index (χ2v) is 8.29. The first-order valence-corrected chi connectivity index (χ1v) is 9.31. The third-order valence-electron chi connectivity index (χ3n) is 3.50. The smallest absolute Gasteiger partial charge is 0.233 e. The molecule has 1 aromatic heterocycles. The summed E-state index contributed by atoms with van der Waals surface area (Å²) in [7, 11) is 0. The van der Waals surface area contributed by atoms with Gasteiger partial charge in [0.1, 0.15) is 0 Å². The van der Waals surface area contributed by atoms with E-state index in [4.69, 9.17) is 16.3 Å². The van der Waals surface area contributed by atoms with E-state index in [1.165, 1.54) is 11.8 Å². The average Bonchev–Trinajstić information content (AvgIpc) is 3.12. The number of hydrogen-bond donors (Lipinski definition) is 1. The number of fused-ring (bicyclic) bond motifs is 1. The molecule has 118 valence electrons. The minimum absolute atomic E-state index is 0.0257. The molecule has 1 saturated heterocycles. The van der Waals surface area contributed by atoms with Crippen molar-refractivity contribution in [2.75, 3.05) is 13.2 Å². The van der Waals surface area contributed by atoms with Crippen LogP contribution in [0.3, 0.4) is 0 Å². The molecule has 2 heterocycles. The Hall–Kier alpha value is -0.820. The molecule has 4 nitrogen and oxygen atoms in total. The molecule has 1 amide bonds. The number of nitrogens with one attached hydrogen (secondary N) is 1. The summed E-state index contributed by atoms with van der Waals surface area (Å²) < 4.78 is 7.48. The van der Waals surface area contributed by atoms with Gasteiger partial charge in [0.15, 0.2) is 4.34 Å². The Morgan fingerprint density at radius 2 is 2.50 bits per heavy atom. The summed E-state index contributed by atoms with van der Waals surface area (Å²) in [6, 6.07) is 5.66. The molecule has 0 radical (unpaired) electrons. The molecule has 22 heavy (non-hydrogen) atoms. The van der Waals surface area contributed by atoms with Gasteiger partial charge < -0.3 is 10.1 Å². The second-order valence-electron chi connectivity index (χ2n) is 5.23. The van der Waals surface area contributed by atoms with Crippen LogP contribution in [0.2, 0.25) is 5.02 Å². The number of nitrogens with zero attached hydrogens (tertiary/aromatic N) is 1. The van der Waals surface area contributed by atoms with Crippen LogP contribution in [0.4, 0.5) is 0 Å². The summed E-state index contributed by atoms with van der Waals surface area (Å²) in [6.07, 6.45) is 2.28. The molecule has 1 fully saturated rings. The molecule has 3 rings (SSSR count). The number of ether oxygens (including phenoxy) is 1. The van der Waals surface area contributed by atoms with Crippen molar-refractivity contribution in [3.05, 3.63) is 23.2 Å². The number of halogens is 1. The highest BCUT2D eigenvalue weighted by molar-refractivity contribution is 8.02. The maximum absolute atomic E-state index is 12.1. The van der Waals surface area contributed by atoms with Gasteiger partial charge in [-0.15, -0.1) is 11.3 Å². The minimum atomic E-state index is -0.183. The normalized spacial score (nSPS) is 19.5. The van der Waals surface area contributed by atoms with Gasteiger partial charge in [-0.25, -0.2) is 4.98 Å². The van der Waals surface area contributed by atoms with Crippen molar-refractivity contribution >= 4 is 50.8 Å². The number of carbonyl (C=O) groups excluding carboxylic acids is 1. The van der Waals surface area contributed by atoms with Crippen LogP contribution in [0.1, 0.15) is 19.8 Å². The van der Waals surface area contributed by atoms with Crippen molar-refractivity contribution in [1.29, 1.82) is 0 Å².